The molecule has 1 saturated heterocycles. The largest absolute Gasteiger partial charge is 0.469 e. The highest BCUT2D eigenvalue weighted by Gasteiger charge is 2.24. The van der Waals surface area contributed by atoms with Crippen LogP contribution in [0.4, 0.5) is 0 Å². The molecule has 0 aliphatic carbocycles. The van der Waals surface area contributed by atoms with Crippen LogP contribution in [-0.2, 0) is 21.2 Å². The fourth-order valence-electron chi connectivity index (χ4n) is 3.07. The number of nitrogens with two attached hydrogens (primary N) is 1. The van der Waals surface area contributed by atoms with Crippen molar-refractivity contribution in [3.63, 3.8) is 0 Å². The average Bonchev–Trinajstić information content (AvgIpc) is 3.07. The molecule has 6 nitrogen and oxygen atoms in total. The summed E-state index contributed by atoms with van der Waals surface area (Å²) in [5.74, 6) is 1.08. The maximum absolute atomic E-state index is 12.2. The van der Waals surface area contributed by atoms with Gasteiger partial charge in [-0.3, -0.25) is 4.79 Å². The second-order valence-electron chi connectivity index (χ2n) is 6.03. The number of sulfonamides is 1. The molecule has 1 fully saturated rings. The number of nitrogens with zero attached hydrogens (tertiary/aromatic N) is 1. The van der Waals surface area contributed by atoms with Crippen molar-refractivity contribution in [1.29, 1.82) is 0 Å². The molecule has 2 N–H and O–H groups in total. The monoisotopic (exact) mass is 348 g/mol. The Morgan fingerprint density at radius 2 is 1.83 bits per heavy atom. The van der Waals surface area contributed by atoms with Gasteiger partial charge in [-0.15, -0.1) is 0 Å². The van der Waals surface area contributed by atoms with Crippen molar-refractivity contribution in [1.82, 2.24) is 4.90 Å². The van der Waals surface area contributed by atoms with E-state index in [4.69, 9.17) is 9.56 Å². The summed E-state index contributed by atoms with van der Waals surface area (Å²) in [5, 5.41) is 5.11. The molecule has 1 aliphatic rings. The summed E-state index contributed by atoms with van der Waals surface area (Å²) in [7, 11) is -3.66. The summed E-state index contributed by atoms with van der Waals surface area (Å²) in [6, 6.07) is 10.3. The van der Waals surface area contributed by atoms with Gasteiger partial charge in [0.2, 0.25) is 15.9 Å². The van der Waals surface area contributed by atoms with Crippen molar-refractivity contribution < 1.29 is 17.6 Å². The molecule has 0 saturated carbocycles. The third kappa shape index (κ3) is 3.85. The Morgan fingerprint density at radius 3 is 2.38 bits per heavy atom. The van der Waals surface area contributed by atoms with Gasteiger partial charge in [-0.05, 0) is 48.6 Å². The van der Waals surface area contributed by atoms with E-state index in [1.807, 2.05) is 17.0 Å². The summed E-state index contributed by atoms with van der Waals surface area (Å²) in [5.41, 5.74) is 1.08. The zero-order valence-corrected chi connectivity index (χ0v) is 14.0. The zero-order chi connectivity index (χ0) is 17.2. The Balaban J connectivity index is 1.57. The molecule has 1 amide bonds. The van der Waals surface area contributed by atoms with Gasteiger partial charge in [-0.2, -0.15) is 0 Å². The molecule has 24 heavy (non-hydrogen) atoms. The van der Waals surface area contributed by atoms with Gasteiger partial charge in [0.05, 0.1) is 17.6 Å². The third-order valence-corrected chi connectivity index (χ3v) is 5.36. The smallest absolute Gasteiger partial charge is 0.238 e. The van der Waals surface area contributed by atoms with E-state index in [-0.39, 0.29) is 10.8 Å². The lowest BCUT2D eigenvalue weighted by atomic mass is 9.89. The highest BCUT2D eigenvalue weighted by Crippen LogP contribution is 2.28. The molecule has 0 spiro atoms. The molecule has 0 unspecified atom stereocenters. The fraction of sp³-hybridized carbons (Fsp3) is 0.353. The summed E-state index contributed by atoms with van der Waals surface area (Å²) >= 11 is 0. The van der Waals surface area contributed by atoms with Crippen LogP contribution >= 0.6 is 0 Å². The van der Waals surface area contributed by atoms with E-state index in [1.165, 1.54) is 0 Å². The summed E-state index contributed by atoms with van der Waals surface area (Å²) in [4.78, 5) is 14.2. The standard InChI is InChI=1S/C17H20N2O4S/c18-24(21,22)16-5-3-13(4-6-16)14-7-9-19(10-8-14)17(20)12-15-2-1-11-23-15/h1-6,11,14H,7-10,12H2,(H2,18,21,22). The lowest BCUT2D eigenvalue weighted by Gasteiger charge is -2.32. The van der Waals surface area contributed by atoms with Crippen LogP contribution in [0.3, 0.4) is 0 Å². The highest BCUT2D eigenvalue weighted by molar-refractivity contribution is 7.89. The first-order valence-electron chi connectivity index (χ1n) is 7.86. The second kappa shape index (κ2) is 6.78. The van der Waals surface area contributed by atoms with Crippen molar-refractivity contribution >= 4 is 15.9 Å². The Morgan fingerprint density at radius 1 is 1.17 bits per heavy atom. The van der Waals surface area contributed by atoms with E-state index in [0.29, 0.717) is 31.2 Å². The quantitative estimate of drug-likeness (QED) is 0.913. The predicted molar refractivity (Wildman–Crippen MR) is 88.8 cm³/mol. The van der Waals surface area contributed by atoms with Gasteiger partial charge in [0.1, 0.15) is 5.76 Å². The van der Waals surface area contributed by atoms with E-state index < -0.39 is 10.0 Å². The maximum atomic E-state index is 12.2. The molecule has 0 radical (unpaired) electrons. The van der Waals surface area contributed by atoms with Crippen LogP contribution in [0.1, 0.15) is 30.1 Å². The topological polar surface area (TPSA) is 93.6 Å². The molecule has 1 aromatic carbocycles. The van der Waals surface area contributed by atoms with Gasteiger partial charge in [0.25, 0.3) is 0 Å². The normalized spacial score (nSPS) is 16.3. The van der Waals surface area contributed by atoms with Gasteiger partial charge in [0, 0.05) is 13.1 Å². The summed E-state index contributed by atoms with van der Waals surface area (Å²) < 4.78 is 27.8. The predicted octanol–water partition coefficient (Wildman–Crippen LogP) is 1.88. The molecule has 1 aliphatic heterocycles. The summed E-state index contributed by atoms with van der Waals surface area (Å²) in [6.45, 7) is 1.39. The molecule has 2 heterocycles. The number of benzene rings is 1. The van der Waals surface area contributed by atoms with Crippen LogP contribution in [0, 0.1) is 0 Å². The van der Waals surface area contributed by atoms with Crippen LogP contribution in [0.5, 0.6) is 0 Å². The Bertz CT molecular complexity index is 790. The minimum Gasteiger partial charge on any atom is -0.469 e. The Hall–Kier alpha value is -2.12. The van der Waals surface area contributed by atoms with Crippen LogP contribution in [-0.4, -0.2) is 32.3 Å². The molecule has 1 aromatic heterocycles. The number of carbonyl (C=O) groups excluding carboxylic acids is 1. The number of piperidine rings is 1. The fourth-order valence-corrected chi connectivity index (χ4v) is 3.58. The van der Waals surface area contributed by atoms with E-state index in [0.717, 1.165) is 18.4 Å². The first kappa shape index (κ1) is 16.7. The number of furan rings is 1. The van der Waals surface area contributed by atoms with Crippen molar-refractivity contribution in [3.8, 4) is 0 Å². The van der Waals surface area contributed by atoms with Crippen LogP contribution in [0.2, 0.25) is 0 Å². The SMILES string of the molecule is NS(=O)(=O)c1ccc(C2CCN(C(=O)Cc3ccco3)CC2)cc1. The number of amides is 1. The van der Waals surface area contributed by atoms with E-state index in [9.17, 15) is 13.2 Å². The molecule has 0 bridgehead atoms. The van der Waals surface area contributed by atoms with Crippen LogP contribution in [0.15, 0.2) is 52.0 Å². The van der Waals surface area contributed by atoms with Crippen molar-refractivity contribution in [2.75, 3.05) is 13.1 Å². The maximum Gasteiger partial charge on any atom is 0.238 e. The molecule has 128 valence electrons. The van der Waals surface area contributed by atoms with E-state index >= 15 is 0 Å². The Kier molecular flexibility index (Phi) is 4.73. The Labute approximate surface area is 141 Å². The van der Waals surface area contributed by atoms with Gasteiger partial charge in [-0.25, -0.2) is 13.6 Å². The molecule has 3 rings (SSSR count). The van der Waals surface area contributed by atoms with Gasteiger partial charge in [-0.1, -0.05) is 12.1 Å². The zero-order valence-electron chi connectivity index (χ0n) is 13.2. The number of likely N-dealkylation sites (tertiary alicyclic amines) is 1. The van der Waals surface area contributed by atoms with Crippen molar-refractivity contribution in [2.24, 2.45) is 5.14 Å². The third-order valence-electron chi connectivity index (χ3n) is 4.43. The number of rotatable bonds is 4. The molecule has 2 aromatic rings. The van der Waals surface area contributed by atoms with Crippen molar-refractivity contribution in [2.45, 2.75) is 30.1 Å². The molecular weight excluding hydrogens is 328 g/mol. The van der Waals surface area contributed by atoms with Crippen LogP contribution < -0.4 is 5.14 Å². The highest BCUT2D eigenvalue weighted by atomic mass is 32.2. The minimum atomic E-state index is -3.66. The summed E-state index contributed by atoms with van der Waals surface area (Å²) in [6.07, 6.45) is 3.58. The van der Waals surface area contributed by atoms with Gasteiger partial charge in [0.15, 0.2) is 0 Å². The first-order valence-corrected chi connectivity index (χ1v) is 9.41. The molecular formula is C17H20N2O4S. The average molecular weight is 348 g/mol. The number of hydrogen-bond donors (Lipinski definition) is 1. The van der Waals surface area contributed by atoms with E-state index in [1.54, 1.807) is 30.5 Å². The van der Waals surface area contributed by atoms with Crippen LogP contribution in [0.25, 0.3) is 0 Å². The van der Waals surface area contributed by atoms with E-state index in [2.05, 4.69) is 0 Å². The van der Waals surface area contributed by atoms with Gasteiger partial charge >= 0.3 is 0 Å². The molecule has 0 atom stereocenters. The number of hydrogen-bond acceptors (Lipinski definition) is 4. The van der Waals surface area contributed by atoms with Gasteiger partial charge < -0.3 is 9.32 Å². The van der Waals surface area contributed by atoms with Crippen molar-refractivity contribution in [3.05, 3.63) is 54.0 Å². The lowest BCUT2D eigenvalue weighted by Crippen LogP contribution is -2.38. The minimum absolute atomic E-state index is 0.0768. The molecule has 7 heteroatoms. The number of primary sulfonamides is 1. The number of carbonyl (C=O) groups is 1. The second-order valence-corrected chi connectivity index (χ2v) is 7.59. The lowest BCUT2D eigenvalue weighted by molar-refractivity contribution is -0.131. The first-order chi connectivity index (χ1) is 11.4.